The number of anilines is 1. The molecule has 0 spiro atoms. The third-order valence-corrected chi connectivity index (χ3v) is 4.80. The summed E-state index contributed by atoms with van der Waals surface area (Å²) in [6.07, 6.45) is 2.48. The molecule has 0 aliphatic rings. The van der Waals surface area contributed by atoms with E-state index in [0.29, 0.717) is 11.9 Å². The van der Waals surface area contributed by atoms with Crippen LogP contribution in [0.4, 0.5) is 5.69 Å². The summed E-state index contributed by atoms with van der Waals surface area (Å²) >= 11 is 0. The maximum absolute atomic E-state index is 12.9. The molecule has 0 atom stereocenters. The van der Waals surface area contributed by atoms with Crippen LogP contribution in [0, 0.1) is 13.8 Å². The molecule has 0 aliphatic heterocycles. The second kappa shape index (κ2) is 7.16. The molecule has 0 aliphatic carbocycles. The Morgan fingerprint density at radius 1 is 1.12 bits per heavy atom. The van der Waals surface area contributed by atoms with Gasteiger partial charge in [-0.15, -0.1) is 0 Å². The molecule has 2 aromatic carbocycles. The first-order valence-corrected chi connectivity index (χ1v) is 8.99. The van der Waals surface area contributed by atoms with E-state index in [-0.39, 0.29) is 16.9 Å². The van der Waals surface area contributed by atoms with Gasteiger partial charge >= 0.3 is 0 Å². The molecule has 0 bridgehead atoms. The molecule has 26 heavy (non-hydrogen) atoms. The molecule has 4 heteroatoms. The van der Waals surface area contributed by atoms with Crippen LogP contribution >= 0.6 is 0 Å². The standard InChI is InChI=1S/C22H24N2O2/c1-5-16-9-7-8-15(4)20(16)23-22(26)18-13-24(6-2)19-11-10-14(3)12-17(19)21(18)25/h7-13H,5-6H2,1-4H3,(H,23,26). The number of nitrogens with one attached hydrogen (secondary N) is 1. The Kier molecular flexibility index (Phi) is 4.94. The number of carbonyl (C=O) groups is 1. The Hall–Kier alpha value is -2.88. The van der Waals surface area contributed by atoms with E-state index in [9.17, 15) is 9.59 Å². The van der Waals surface area contributed by atoms with E-state index >= 15 is 0 Å². The number of nitrogens with zero attached hydrogens (tertiary/aromatic N) is 1. The van der Waals surface area contributed by atoms with Gasteiger partial charge in [0, 0.05) is 23.8 Å². The van der Waals surface area contributed by atoms with Crippen molar-refractivity contribution >= 4 is 22.5 Å². The van der Waals surface area contributed by atoms with Gasteiger partial charge in [0.25, 0.3) is 5.91 Å². The van der Waals surface area contributed by atoms with Crippen molar-refractivity contribution in [2.24, 2.45) is 0 Å². The van der Waals surface area contributed by atoms with Gasteiger partial charge in [0.2, 0.25) is 5.43 Å². The SMILES string of the molecule is CCc1cccc(C)c1NC(=O)c1cn(CC)c2ccc(C)cc2c1=O. The van der Waals surface area contributed by atoms with E-state index < -0.39 is 0 Å². The van der Waals surface area contributed by atoms with E-state index in [2.05, 4.69) is 5.32 Å². The summed E-state index contributed by atoms with van der Waals surface area (Å²) in [6, 6.07) is 11.7. The molecule has 1 aromatic heterocycles. The van der Waals surface area contributed by atoms with Crippen molar-refractivity contribution in [2.75, 3.05) is 5.32 Å². The Morgan fingerprint density at radius 2 is 1.88 bits per heavy atom. The van der Waals surface area contributed by atoms with Gasteiger partial charge in [0.1, 0.15) is 5.56 Å². The molecule has 1 N–H and O–H groups in total. The molecule has 0 saturated heterocycles. The van der Waals surface area contributed by atoms with Gasteiger partial charge in [-0.3, -0.25) is 9.59 Å². The van der Waals surface area contributed by atoms with Crippen LogP contribution < -0.4 is 10.7 Å². The van der Waals surface area contributed by atoms with Crippen LogP contribution in [0.5, 0.6) is 0 Å². The Morgan fingerprint density at radius 3 is 2.58 bits per heavy atom. The molecule has 3 rings (SSSR count). The summed E-state index contributed by atoms with van der Waals surface area (Å²) in [5.74, 6) is -0.357. The van der Waals surface area contributed by atoms with Crippen molar-refractivity contribution in [3.63, 3.8) is 0 Å². The van der Waals surface area contributed by atoms with Gasteiger partial charge in [-0.1, -0.05) is 36.8 Å². The number of carbonyl (C=O) groups excluding carboxylic acids is 1. The Bertz CT molecular complexity index is 1050. The molecular formula is C22H24N2O2. The first-order valence-electron chi connectivity index (χ1n) is 8.99. The monoisotopic (exact) mass is 348 g/mol. The van der Waals surface area contributed by atoms with Crippen molar-refractivity contribution in [2.45, 2.75) is 40.7 Å². The fraction of sp³-hybridized carbons (Fsp3) is 0.273. The minimum Gasteiger partial charge on any atom is -0.347 e. The maximum Gasteiger partial charge on any atom is 0.261 e. The lowest BCUT2D eigenvalue weighted by atomic mass is 10.0. The minimum absolute atomic E-state index is 0.176. The van der Waals surface area contributed by atoms with Gasteiger partial charge in [-0.25, -0.2) is 0 Å². The van der Waals surface area contributed by atoms with Crippen molar-refractivity contribution < 1.29 is 4.79 Å². The number of rotatable bonds is 4. The Balaban J connectivity index is 2.12. The minimum atomic E-state index is -0.357. The smallest absolute Gasteiger partial charge is 0.261 e. The number of pyridine rings is 1. The fourth-order valence-corrected chi connectivity index (χ4v) is 3.32. The first kappa shape index (κ1) is 17.9. The molecule has 1 heterocycles. The van der Waals surface area contributed by atoms with Gasteiger partial charge < -0.3 is 9.88 Å². The fourth-order valence-electron chi connectivity index (χ4n) is 3.32. The van der Waals surface area contributed by atoms with Crippen LogP contribution in [0.3, 0.4) is 0 Å². The van der Waals surface area contributed by atoms with Crippen LogP contribution in [0.2, 0.25) is 0 Å². The summed E-state index contributed by atoms with van der Waals surface area (Å²) < 4.78 is 1.95. The summed E-state index contributed by atoms with van der Waals surface area (Å²) in [7, 11) is 0. The second-order valence-electron chi connectivity index (χ2n) is 6.60. The molecule has 4 nitrogen and oxygen atoms in total. The van der Waals surface area contributed by atoms with Crippen LogP contribution in [0.25, 0.3) is 10.9 Å². The number of aryl methyl sites for hydroxylation is 4. The molecule has 134 valence electrons. The third kappa shape index (κ3) is 3.15. The second-order valence-corrected chi connectivity index (χ2v) is 6.60. The van der Waals surface area contributed by atoms with E-state index in [1.54, 1.807) is 6.20 Å². The number of fused-ring (bicyclic) bond motifs is 1. The van der Waals surface area contributed by atoms with Gasteiger partial charge in [0.15, 0.2) is 0 Å². The van der Waals surface area contributed by atoms with Gasteiger partial charge in [-0.2, -0.15) is 0 Å². The average Bonchev–Trinajstić information content (AvgIpc) is 2.64. The van der Waals surface area contributed by atoms with Crippen LogP contribution in [-0.2, 0) is 13.0 Å². The van der Waals surface area contributed by atoms with Crippen LogP contribution in [0.15, 0.2) is 47.4 Å². The number of hydrogen-bond donors (Lipinski definition) is 1. The lowest BCUT2D eigenvalue weighted by Gasteiger charge is -2.15. The van der Waals surface area contributed by atoms with Gasteiger partial charge in [0.05, 0.1) is 5.52 Å². The zero-order valence-electron chi connectivity index (χ0n) is 15.7. The predicted octanol–water partition coefficient (Wildman–Crippen LogP) is 4.45. The molecular weight excluding hydrogens is 324 g/mol. The van der Waals surface area contributed by atoms with E-state index in [0.717, 1.165) is 34.3 Å². The van der Waals surface area contributed by atoms with Crippen molar-refractivity contribution in [3.05, 3.63) is 75.1 Å². The van der Waals surface area contributed by atoms with Crippen molar-refractivity contribution in [1.29, 1.82) is 0 Å². The average molecular weight is 348 g/mol. The molecule has 0 unspecified atom stereocenters. The number of para-hydroxylation sites is 1. The molecule has 1 amide bonds. The lowest BCUT2D eigenvalue weighted by Crippen LogP contribution is -2.24. The predicted molar refractivity (Wildman–Crippen MR) is 107 cm³/mol. The van der Waals surface area contributed by atoms with Crippen LogP contribution in [0.1, 0.15) is 40.9 Å². The zero-order chi connectivity index (χ0) is 18.8. The Labute approximate surface area is 153 Å². The highest BCUT2D eigenvalue weighted by Gasteiger charge is 2.17. The van der Waals surface area contributed by atoms with Gasteiger partial charge in [-0.05, 0) is 50.5 Å². The quantitative estimate of drug-likeness (QED) is 0.757. The highest BCUT2D eigenvalue weighted by atomic mass is 16.2. The number of amides is 1. The number of hydrogen-bond acceptors (Lipinski definition) is 2. The first-order chi connectivity index (χ1) is 12.5. The van der Waals surface area contributed by atoms with E-state index in [1.807, 2.05) is 68.7 Å². The summed E-state index contributed by atoms with van der Waals surface area (Å²) in [4.78, 5) is 25.9. The number of benzene rings is 2. The van der Waals surface area contributed by atoms with Crippen molar-refractivity contribution in [1.82, 2.24) is 4.57 Å². The largest absolute Gasteiger partial charge is 0.347 e. The molecule has 0 saturated carbocycles. The third-order valence-electron chi connectivity index (χ3n) is 4.80. The molecule has 3 aromatic rings. The zero-order valence-corrected chi connectivity index (χ0v) is 15.7. The highest BCUT2D eigenvalue weighted by molar-refractivity contribution is 6.06. The van der Waals surface area contributed by atoms with E-state index in [1.165, 1.54) is 0 Å². The number of aromatic nitrogens is 1. The molecule has 0 radical (unpaired) electrons. The highest BCUT2D eigenvalue weighted by Crippen LogP contribution is 2.22. The lowest BCUT2D eigenvalue weighted by molar-refractivity contribution is 0.102. The van der Waals surface area contributed by atoms with E-state index in [4.69, 9.17) is 0 Å². The summed E-state index contributed by atoms with van der Waals surface area (Å²) in [5.41, 5.74) is 4.65. The maximum atomic E-state index is 12.9. The summed E-state index contributed by atoms with van der Waals surface area (Å²) in [6.45, 7) is 8.64. The topological polar surface area (TPSA) is 51.1 Å². The summed E-state index contributed by atoms with van der Waals surface area (Å²) in [5, 5.41) is 3.55. The van der Waals surface area contributed by atoms with Crippen LogP contribution in [-0.4, -0.2) is 10.5 Å². The normalized spacial score (nSPS) is 10.9. The molecule has 0 fully saturated rings. The van der Waals surface area contributed by atoms with Crippen molar-refractivity contribution in [3.8, 4) is 0 Å².